The molecule has 5 rings (SSSR count). The Hall–Kier alpha value is -0.795. The number of aliphatic carboxylic acids is 1. The third-order valence-corrected chi connectivity index (χ3v) is 9.19. The summed E-state index contributed by atoms with van der Waals surface area (Å²) in [4.78, 5) is 24.5. The number of rotatable bonds is 7. The van der Waals surface area contributed by atoms with Gasteiger partial charge in [-0.05, 0) is 68.0 Å². The van der Waals surface area contributed by atoms with Gasteiger partial charge in [-0.3, -0.25) is 4.90 Å². The zero-order valence-electron chi connectivity index (χ0n) is 18.1. The first-order valence-corrected chi connectivity index (χ1v) is 12.3. The van der Waals surface area contributed by atoms with Crippen molar-refractivity contribution in [1.82, 2.24) is 4.90 Å². The largest absolute Gasteiger partial charge is 0.480 e. The van der Waals surface area contributed by atoms with Crippen molar-refractivity contribution in [2.24, 2.45) is 29.1 Å². The van der Waals surface area contributed by atoms with Gasteiger partial charge >= 0.3 is 19.2 Å². The highest BCUT2D eigenvalue weighted by molar-refractivity contribution is 9.09. The number of carboxylic acids is 1. The van der Waals surface area contributed by atoms with Crippen LogP contribution in [-0.2, 0) is 14.1 Å². The van der Waals surface area contributed by atoms with Gasteiger partial charge in [-0.25, -0.2) is 9.59 Å². The van der Waals surface area contributed by atoms with Crippen molar-refractivity contribution >= 4 is 35.1 Å². The van der Waals surface area contributed by atoms with Crippen LogP contribution < -0.4 is 0 Å². The van der Waals surface area contributed by atoms with Gasteiger partial charge in [0.2, 0.25) is 0 Å². The van der Waals surface area contributed by atoms with Gasteiger partial charge in [-0.1, -0.05) is 36.2 Å². The molecule has 0 aromatic rings. The van der Waals surface area contributed by atoms with E-state index in [2.05, 4.69) is 36.7 Å². The number of carbonyl (C=O) groups is 2. The van der Waals surface area contributed by atoms with Crippen LogP contribution in [0, 0.1) is 29.1 Å². The summed E-state index contributed by atoms with van der Waals surface area (Å²) in [7, 11) is -0.245. The summed E-state index contributed by atoms with van der Waals surface area (Å²) in [6, 6.07) is -0.968. The molecule has 3 saturated carbocycles. The van der Waals surface area contributed by atoms with E-state index in [1.165, 1.54) is 6.42 Å². The van der Waals surface area contributed by atoms with E-state index in [1.54, 1.807) is 0 Å². The minimum atomic E-state index is -1.15. The summed E-state index contributed by atoms with van der Waals surface area (Å²) in [5, 5.41) is 19.9. The molecule has 5 aliphatic rings. The fourth-order valence-electron chi connectivity index (χ4n) is 6.94. The number of nitrogens with zero attached hydrogens (tertiary/aromatic N) is 1. The molecule has 2 saturated heterocycles. The smallest absolute Gasteiger partial charge is 0.457 e. The van der Waals surface area contributed by atoms with Gasteiger partial charge in [0.1, 0.15) is 6.04 Å². The molecule has 2 aliphatic heterocycles. The van der Waals surface area contributed by atoms with E-state index in [4.69, 9.17) is 9.31 Å². The highest BCUT2D eigenvalue weighted by atomic mass is 79.9. The lowest BCUT2D eigenvalue weighted by molar-refractivity contribution is -0.199. The number of alkyl halides is 1. The number of amides is 1. The van der Waals surface area contributed by atoms with E-state index in [0.717, 1.165) is 35.8 Å². The molecule has 2 N–H and O–H groups in total. The monoisotopic (exact) mass is 485 g/mol. The van der Waals surface area contributed by atoms with Crippen molar-refractivity contribution in [2.75, 3.05) is 11.9 Å². The van der Waals surface area contributed by atoms with Crippen LogP contribution in [0.3, 0.4) is 0 Å². The van der Waals surface area contributed by atoms with Gasteiger partial charge in [-0.15, -0.1) is 0 Å². The van der Waals surface area contributed by atoms with Crippen molar-refractivity contribution in [2.45, 2.75) is 76.9 Å². The average Bonchev–Trinajstić information content (AvgIpc) is 3.19. The molecule has 30 heavy (non-hydrogen) atoms. The summed E-state index contributed by atoms with van der Waals surface area (Å²) >= 11 is 3.43. The van der Waals surface area contributed by atoms with Crippen LogP contribution in [0.5, 0.6) is 0 Å². The van der Waals surface area contributed by atoms with Crippen LogP contribution in [0.2, 0.25) is 6.32 Å². The summed E-state index contributed by atoms with van der Waals surface area (Å²) in [5.41, 5.74) is 0.0870. The molecule has 7 atom stereocenters. The Kier molecular flexibility index (Phi) is 5.94. The SMILES string of the molecule is CC1(C)[C@@H]2C[C@H]3OB(CCC[C@@H]4C(CCBr)CN(C(=O)O)[C@H]4C(=O)O)O[C@@]3(C)[C@H]1C2. The Morgan fingerprint density at radius 3 is 2.53 bits per heavy atom. The summed E-state index contributed by atoms with van der Waals surface area (Å²) in [6.45, 7) is 7.17. The first-order valence-electron chi connectivity index (χ1n) is 11.2. The van der Waals surface area contributed by atoms with Crippen molar-refractivity contribution in [3.8, 4) is 0 Å². The summed E-state index contributed by atoms with van der Waals surface area (Å²) < 4.78 is 12.7. The maximum absolute atomic E-state index is 11.8. The molecule has 2 heterocycles. The predicted octanol–water partition coefficient (Wildman–Crippen LogP) is 3.96. The third kappa shape index (κ3) is 3.49. The molecule has 3 aliphatic carbocycles. The molecule has 5 fully saturated rings. The standard InChI is InChI=1S/C21H33BBrNO6/c1-20(2)13-9-15(20)21(3)16(10-13)29-22(30-21)7-4-5-14-12(6-8-23)11-24(19(27)28)17(14)18(25)26/h12-17H,4-11H2,1-3H3,(H,25,26)(H,27,28)/t12?,13-,14+,15-,16+,17+,21-/m0/s1. The number of likely N-dealkylation sites (tertiary alicyclic amines) is 1. The topological polar surface area (TPSA) is 96.3 Å². The molecule has 1 unspecified atom stereocenters. The Bertz CT molecular complexity index is 707. The van der Waals surface area contributed by atoms with Crippen LogP contribution in [0.15, 0.2) is 0 Å². The molecule has 2 bridgehead atoms. The number of hydrogen-bond donors (Lipinski definition) is 2. The highest BCUT2D eigenvalue weighted by Crippen LogP contribution is 2.65. The second kappa shape index (κ2) is 7.96. The van der Waals surface area contributed by atoms with Gasteiger partial charge in [0.05, 0.1) is 11.7 Å². The molecule has 0 radical (unpaired) electrons. The molecule has 168 valence electrons. The third-order valence-electron chi connectivity index (χ3n) is 8.74. The van der Waals surface area contributed by atoms with E-state index >= 15 is 0 Å². The normalized spacial score (nSPS) is 41.5. The van der Waals surface area contributed by atoms with E-state index in [-0.39, 0.29) is 37.2 Å². The Morgan fingerprint density at radius 2 is 1.93 bits per heavy atom. The second-order valence-electron chi connectivity index (χ2n) is 10.4. The van der Waals surface area contributed by atoms with Crippen LogP contribution in [0.4, 0.5) is 4.79 Å². The second-order valence-corrected chi connectivity index (χ2v) is 11.2. The lowest BCUT2D eigenvalue weighted by Gasteiger charge is -2.64. The number of carboxylic acid groups (broad SMARTS) is 2. The van der Waals surface area contributed by atoms with E-state index < -0.39 is 18.1 Å². The lowest BCUT2D eigenvalue weighted by Crippen LogP contribution is -2.65. The van der Waals surface area contributed by atoms with Gasteiger partial charge in [0.25, 0.3) is 0 Å². The van der Waals surface area contributed by atoms with Crippen LogP contribution >= 0.6 is 15.9 Å². The zero-order valence-corrected chi connectivity index (χ0v) is 19.6. The van der Waals surface area contributed by atoms with E-state index in [9.17, 15) is 19.8 Å². The first kappa shape index (κ1) is 22.4. The maximum atomic E-state index is 11.8. The molecule has 0 aromatic heterocycles. The molecule has 1 amide bonds. The van der Waals surface area contributed by atoms with Crippen molar-refractivity contribution < 1.29 is 29.1 Å². The fourth-order valence-corrected chi connectivity index (χ4v) is 7.53. The quantitative estimate of drug-likeness (QED) is 0.418. The van der Waals surface area contributed by atoms with Crippen molar-refractivity contribution in [3.05, 3.63) is 0 Å². The van der Waals surface area contributed by atoms with Crippen LogP contribution in [-0.4, -0.2) is 63.9 Å². The van der Waals surface area contributed by atoms with Crippen molar-refractivity contribution in [1.29, 1.82) is 0 Å². The molecule has 0 aromatic carbocycles. The molecule has 9 heteroatoms. The first-order chi connectivity index (χ1) is 14.1. The van der Waals surface area contributed by atoms with Gasteiger partial charge in [0.15, 0.2) is 0 Å². The van der Waals surface area contributed by atoms with E-state index in [1.807, 2.05) is 0 Å². The minimum absolute atomic E-state index is 0.0557. The van der Waals surface area contributed by atoms with Crippen LogP contribution in [0.1, 0.15) is 52.9 Å². The molecular formula is C21H33BBrNO6. The predicted molar refractivity (Wildman–Crippen MR) is 116 cm³/mol. The van der Waals surface area contributed by atoms with Gasteiger partial charge in [-0.2, -0.15) is 0 Å². The molecule has 7 nitrogen and oxygen atoms in total. The number of halogens is 1. The number of hydrogen-bond acceptors (Lipinski definition) is 4. The summed E-state index contributed by atoms with van der Waals surface area (Å²) in [5.74, 6) is 0.0674. The molecule has 0 spiro atoms. The van der Waals surface area contributed by atoms with Crippen LogP contribution in [0.25, 0.3) is 0 Å². The maximum Gasteiger partial charge on any atom is 0.457 e. The van der Waals surface area contributed by atoms with E-state index in [0.29, 0.717) is 23.7 Å². The lowest BCUT2D eigenvalue weighted by atomic mass is 9.43. The average molecular weight is 486 g/mol. The van der Waals surface area contributed by atoms with Crippen molar-refractivity contribution in [3.63, 3.8) is 0 Å². The summed E-state index contributed by atoms with van der Waals surface area (Å²) in [6.07, 6.45) is 4.21. The molecular weight excluding hydrogens is 453 g/mol. The Labute approximate surface area is 187 Å². The highest BCUT2D eigenvalue weighted by Gasteiger charge is 2.67. The van der Waals surface area contributed by atoms with Gasteiger partial charge < -0.3 is 19.5 Å². The minimum Gasteiger partial charge on any atom is -0.480 e. The fraction of sp³-hybridized carbons (Fsp3) is 0.905. The Morgan fingerprint density at radius 1 is 1.20 bits per heavy atom. The van der Waals surface area contributed by atoms with Gasteiger partial charge in [0, 0.05) is 11.9 Å². The Balaban J connectivity index is 1.36. The zero-order chi connectivity index (χ0) is 21.8.